The molecule has 1 aromatic heterocycles. The molecule has 3 rings (SSSR count). The van der Waals surface area contributed by atoms with Gasteiger partial charge >= 0.3 is 0 Å². The number of azo groups is 1. The number of H-pyrrole nitrogens is 1. The predicted octanol–water partition coefficient (Wildman–Crippen LogP) is 2.97. The van der Waals surface area contributed by atoms with Crippen molar-refractivity contribution < 1.29 is 34.7 Å². The van der Waals surface area contributed by atoms with Gasteiger partial charge in [0.25, 0.3) is 25.8 Å². The van der Waals surface area contributed by atoms with Crippen molar-refractivity contribution in [1.29, 1.82) is 0 Å². The number of rotatable bonds is 5. The van der Waals surface area contributed by atoms with Gasteiger partial charge in [0.15, 0.2) is 21.3 Å². The van der Waals surface area contributed by atoms with E-state index >= 15 is 0 Å². The first-order valence-electron chi connectivity index (χ1n) is 8.49. The second-order valence-corrected chi connectivity index (χ2v) is 9.28. The highest BCUT2D eigenvalue weighted by molar-refractivity contribution is 7.86. The number of aryl methyl sites for hydroxylation is 2. The summed E-state index contributed by atoms with van der Waals surface area (Å²) in [5.41, 5.74) is -0.718. The monoisotopic (exact) mass is 488 g/mol. The number of aromatic nitrogens is 2. The SMILES string of the molecule is Cc1ccc(-n2[nH]c(C)c(N=Nc3cc(F)c(S(=O)(=O)O)c(F)c3S(=O)(=O)O)c2=O)cc1. The molecule has 15 heteroatoms. The Balaban J connectivity index is 2.19. The van der Waals surface area contributed by atoms with Gasteiger partial charge < -0.3 is 0 Å². The van der Waals surface area contributed by atoms with E-state index in [-0.39, 0.29) is 17.4 Å². The van der Waals surface area contributed by atoms with E-state index < -0.39 is 52.9 Å². The van der Waals surface area contributed by atoms with Crippen LogP contribution in [0.5, 0.6) is 0 Å². The van der Waals surface area contributed by atoms with Crippen molar-refractivity contribution in [2.75, 3.05) is 0 Å². The molecular weight excluding hydrogens is 474 g/mol. The van der Waals surface area contributed by atoms with Gasteiger partial charge in [-0.1, -0.05) is 17.7 Å². The number of aromatic amines is 1. The van der Waals surface area contributed by atoms with Crippen LogP contribution < -0.4 is 5.56 Å². The van der Waals surface area contributed by atoms with Crippen molar-refractivity contribution in [3.63, 3.8) is 0 Å². The first-order valence-corrected chi connectivity index (χ1v) is 11.4. The lowest BCUT2D eigenvalue weighted by Gasteiger charge is -2.08. The number of halogens is 2. The van der Waals surface area contributed by atoms with Gasteiger partial charge in [0.05, 0.1) is 11.4 Å². The van der Waals surface area contributed by atoms with Crippen LogP contribution in [0.4, 0.5) is 20.2 Å². The third-order valence-electron chi connectivity index (χ3n) is 4.22. The second kappa shape index (κ2) is 8.01. The number of nitrogens with zero attached hydrogens (tertiary/aromatic N) is 3. The normalized spacial score (nSPS) is 12.6. The molecule has 0 amide bonds. The molecule has 0 saturated carbocycles. The quantitative estimate of drug-likeness (QED) is 0.366. The third kappa shape index (κ3) is 4.36. The molecular formula is C17H14F2N4O7S2. The Hall–Kier alpha value is -3.27. The Morgan fingerprint density at radius 1 is 0.938 bits per heavy atom. The summed E-state index contributed by atoms with van der Waals surface area (Å²) in [5, 5.41) is 9.56. The maximum absolute atomic E-state index is 14.4. The fourth-order valence-electron chi connectivity index (χ4n) is 2.76. The van der Waals surface area contributed by atoms with E-state index in [1.54, 1.807) is 24.3 Å². The van der Waals surface area contributed by atoms with Crippen molar-refractivity contribution in [1.82, 2.24) is 9.78 Å². The highest BCUT2D eigenvalue weighted by Crippen LogP contribution is 2.34. The van der Waals surface area contributed by atoms with Gasteiger partial charge in [-0.15, -0.1) is 10.2 Å². The number of nitrogens with one attached hydrogen (secondary N) is 1. The molecule has 2 aromatic carbocycles. The fraction of sp³-hybridized carbons (Fsp3) is 0.118. The van der Waals surface area contributed by atoms with Crippen LogP contribution in [0, 0.1) is 25.5 Å². The number of benzene rings is 2. The largest absolute Gasteiger partial charge is 0.300 e. The molecule has 0 atom stereocenters. The summed E-state index contributed by atoms with van der Waals surface area (Å²) in [6.07, 6.45) is 0. The van der Waals surface area contributed by atoms with Gasteiger partial charge in [0.2, 0.25) is 0 Å². The van der Waals surface area contributed by atoms with Crippen molar-refractivity contribution >= 4 is 31.6 Å². The van der Waals surface area contributed by atoms with Gasteiger partial charge in [-0.3, -0.25) is 19.0 Å². The molecule has 32 heavy (non-hydrogen) atoms. The minimum absolute atomic E-state index is 0.124. The Morgan fingerprint density at radius 2 is 1.50 bits per heavy atom. The summed E-state index contributed by atoms with van der Waals surface area (Å²) < 4.78 is 93.4. The van der Waals surface area contributed by atoms with Crippen molar-refractivity contribution in [2.45, 2.75) is 23.6 Å². The minimum atomic E-state index is -5.53. The zero-order valence-electron chi connectivity index (χ0n) is 16.2. The molecule has 0 saturated heterocycles. The topological polar surface area (TPSA) is 171 Å². The summed E-state index contributed by atoms with van der Waals surface area (Å²) in [6, 6.07) is 6.85. The van der Waals surface area contributed by atoms with E-state index in [0.717, 1.165) is 10.2 Å². The Labute approximate surface area is 179 Å². The molecule has 0 aliphatic heterocycles. The zero-order valence-corrected chi connectivity index (χ0v) is 17.9. The van der Waals surface area contributed by atoms with Crippen LogP contribution in [0.2, 0.25) is 0 Å². The Morgan fingerprint density at radius 3 is 2.03 bits per heavy atom. The van der Waals surface area contributed by atoms with E-state index in [1.807, 2.05) is 6.92 Å². The minimum Gasteiger partial charge on any atom is -0.293 e. The predicted molar refractivity (Wildman–Crippen MR) is 106 cm³/mol. The molecule has 3 N–H and O–H groups in total. The Bertz CT molecular complexity index is 1520. The van der Waals surface area contributed by atoms with Gasteiger partial charge in [-0.2, -0.15) is 16.8 Å². The summed E-state index contributed by atoms with van der Waals surface area (Å²) in [4.78, 5) is 8.90. The summed E-state index contributed by atoms with van der Waals surface area (Å²) in [7, 11) is -11.0. The molecule has 3 aromatic rings. The highest BCUT2D eigenvalue weighted by atomic mass is 32.2. The summed E-state index contributed by atoms with van der Waals surface area (Å²) >= 11 is 0. The van der Waals surface area contributed by atoms with Crippen LogP contribution in [0.25, 0.3) is 5.69 Å². The molecule has 0 fully saturated rings. The van der Waals surface area contributed by atoms with Crippen molar-refractivity contribution in [2.24, 2.45) is 10.2 Å². The highest BCUT2D eigenvalue weighted by Gasteiger charge is 2.32. The molecule has 0 aliphatic carbocycles. The standard InChI is InChI=1S/C17H14F2N4O7S2/c1-8-3-5-10(6-4-8)23-17(24)14(9(2)22-23)21-20-12-7-11(18)15(31(25,26)27)13(19)16(12)32(28,29)30/h3-7,22H,1-2H3,(H,25,26,27)(H,28,29,30). The Kier molecular flexibility index (Phi) is 5.86. The summed E-state index contributed by atoms with van der Waals surface area (Å²) in [5.74, 6) is -4.19. The molecule has 11 nitrogen and oxygen atoms in total. The van der Waals surface area contributed by atoms with Gasteiger partial charge in [-0.05, 0) is 26.0 Å². The first-order chi connectivity index (χ1) is 14.7. The van der Waals surface area contributed by atoms with Crippen molar-refractivity contribution in [3.05, 3.63) is 63.6 Å². The fourth-order valence-corrected chi connectivity index (χ4v) is 4.15. The van der Waals surface area contributed by atoms with E-state index in [1.165, 1.54) is 6.92 Å². The lowest BCUT2D eigenvalue weighted by atomic mass is 10.2. The average Bonchev–Trinajstić information content (AvgIpc) is 2.91. The smallest absolute Gasteiger partial charge is 0.293 e. The van der Waals surface area contributed by atoms with E-state index in [2.05, 4.69) is 15.3 Å². The molecule has 0 aliphatic rings. The molecule has 170 valence electrons. The number of hydrogen-bond donors (Lipinski definition) is 3. The maximum Gasteiger partial charge on any atom is 0.300 e. The maximum atomic E-state index is 14.4. The molecule has 0 spiro atoms. The van der Waals surface area contributed by atoms with Crippen LogP contribution in [0.1, 0.15) is 11.3 Å². The number of hydrogen-bond acceptors (Lipinski definition) is 7. The molecule has 1 heterocycles. The van der Waals surface area contributed by atoms with E-state index in [4.69, 9.17) is 4.55 Å². The molecule has 0 radical (unpaired) electrons. The lowest BCUT2D eigenvalue weighted by Crippen LogP contribution is -2.14. The third-order valence-corrected chi connectivity index (χ3v) is 6.01. The van der Waals surface area contributed by atoms with Crippen LogP contribution in [0.3, 0.4) is 0 Å². The molecule has 0 unspecified atom stereocenters. The van der Waals surface area contributed by atoms with Crippen LogP contribution in [0.15, 0.2) is 55.1 Å². The van der Waals surface area contributed by atoms with Crippen LogP contribution in [-0.4, -0.2) is 35.7 Å². The summed E-state index contributed by atoms with van der Waals surface area (Å²) in [6.45, 7) is 3.26. The molecule has 0 bridgehead atoms. The van der Waals surface area contributed by atoms with Gasteiger partial charge in [0.1, 0.15) is 11.5 Å². The lowest BCUT2D eigenvalue weighted by molar-refractivity contribution is 0.443. The van der Waals surface area contributed by atoms with Crippen LogP contribution in [-0.2, 0) is 20.2 Å². The van der Waals surface area contributed by atoms with Crippen LogP contribution >= 0.6 is 0 Å². The zero-order chi connectivity index (χ0) is 24.0. The second-order valence-electron chi connectivity index (χ2n) is 6.56. The van der Waals surface area contributed by atoms with E-state index in [0.29, 0.717) is 5.69 Å². The van der Waals surface area contributed by atoms with Crippen molar-refractivity contribution in [3.8, 4) is 5.69 Å². The van der Waals surface area contributed by atoms with E-state index in [9.17, 15) is 35.0 Å². The first kappa shape index (κ1) is 23.4. The van der Waals surface area contributed by atoms with Gasteiger partial charge in [-0.25, -0.2) is 13.5 Å². The van der Waals surface area contributed by atoms with Gasteiger partial charge in [0, 0.05) is 6.07 Å². The average molecular weight is 488 g/mol.